The Morgan fingerprint density at radius 3 is 2.82 bits per heavy atom. The van der Waals surface area contributed by atoms with Gasteiger partial charge in [0.25, 0.3) is 0 Å². The van der Waals surface area contributed by atoms with E-state index in [1.54, 1.807) is 0 Å². The summed E-state index contributed by atoms with van der Waals surface area (Å²) < 4.78 is 5.29. The van der Waals surface area contributed by atoms with Crippen LogP contribution in [0.3, 0.4) is 0 Å². The van der Waals surface area contributed by atoms with Gasteiger partial charge in [0.1, 0.15) is 0 Å². The lowest BCUT2D eigenvalue weighted by Gasteiger charge is -2.41. The zero-order valence-corrected chi connectivity index (χ0v) is 15.7. The van der Waals surface area contributed by atoms with Gasteiger partial charge in [0.05, 0.1) is 17.7 Å². The van der Waals surface area contributed by atoms with Crippen molar-refractivity contribution >= 4 is 11.7 Å². The predicted octanol–water partition coefficient (Wildman–Crippen LogP) is 4.23. The van der Waals surface area contributed by atoms with Crippen molar-refractivity contribution in [2.75, 3.05) is 16.8 Å². The maximum Gasteiger partial charge on any atom is 0.315 e. The number of aromatic nitrogens is 2. The van der Waals surface area contributed by atoms with Crippen molar-refractivity contribution in [1.29, 1.82) is 5.26 Å². The first-order valence-electron chi connectivity index (χ1n) is 9.67. The van der Waals surface area contributed by atoms with Crippen molar-refractivity contribution in [2.24, 2.45) is 0 Å². The molecule has 2 aromatic carbocycles. The molecule has 5 rings (SSSR count). The van der Waals surface area contributed by atoms with E-state index in [0.717, 1.165) is 24.9 Å². The molecule has 0 saturated carbocycles. The molecule has 6 heteroatoms. The summed E-state index contributed by atoms with van der Waals surface area (Å²) in [5, 5.41) is 20.5. The van der Waals surface area contributed by atoms with Crippen LogP contribution in [-0.2, 0) is 0 Å². The van der Waals surface area contributed by atoms with Gasteiger partial charge in [0, 0.05) is 24.2 Å². The van der Waals surface area contributed by atoms with Crippen LogP contribution >= 0.6 is 0 Å². The number of piperidine rings is 1. The number of fused-ring (bicyclic) bond motifs is 5. The van der Waals surface area contributed by atoms with Crippen LogP contribution in [0.2, 0.25) is 0 Å². The van der Waals surface area contributed by atoms with Gasteiger partial charge in [-0.05, 0) is 47.7 Å². The first-order valence-corrected chi connectivity index (χ1v) is 9.67. The van der Waals surface area contributed by atoms with E-state index in [-0.39, 0.29) is 18.0 Å². The van der Waals surface area contributed by atoms with Gasteiger partial charge < -0.3 is 14.6 Å². The fourth-order valence-electron chi connectivity index (χ4n) is 4.70. The largest absolute Gasteiger partial charge is 0.411 e. The number of nitrogens with one attached hydrogen (secondary N) is 1. The second kappa shape index (κ2) is 6.68. The van der Waals surface area contributed by atoms with E-state index in [2.05, 4.69) is 69.8 Å². The number of nitrogens with zero attached hydrogens (tertiary/aromatic N) is 4. The SMILES string of the molecule is C[C@H]1c2ccccc2[C@@H]2CC(Nc3nnco3)CCN2c2ccc(C#N)cc21. The molecule has 0 aliphatic carbocycles. The second-order valence-electron chi connectivity index (χ2n) is 7.55. The average Bonchev–Trinajstić information content (AvgIpc) is 3.22. The molecule has 1 unspecified atom stereocenters. The Hall–Kier alpha value is -3.33. The number of hydrogen-bond donors (Lipinski definition) is 1. The standard InChI is InChI=1S/C22H21N5O/c1-14-17-4-2-3-5-18(17)21-11-16(25-22-26-24-13-28-22)8-9-27(21)20-7-6-15(12-23)10-19(14)20/h2-7,10,13-14,16,21H,8-9,11H2,1H3,(H,25,26)/t14-,16?,21-/m0/s1. The van der Waals surface area contributed by atoms with Crippen molar-refractivity contribution in [1.82, 2.24) is 10.2 Å². The van der Waals surface area contributed by atoms with Crippen molar-refractivity contribution in [2.45, 2.75) is 37.8 Å². The monoisotopic (exact) mass is 371 g/mol. The van der Waals surface area contributed by atoms with Gasteiger partial charge in [-0.25, -0.2) is 0 Å². The molecule has 0 bridgehead atoms. The van der Waals surface area contributed by atoms with Gasteiger partial charge in [-0.1, -0.05) is 36.3 Å². The van der Waals surface area contributed by atoms with Gasteiger partial charge in [0.2, 0.25) is 6.39 Å². The van der Waals surface area contributed by atoms with E-state index in [4.69, 9.17) is 4.42 Å². The van der Waals surface area contributed by atoms with Gasteiger partial charge >= 0.3 is 6.01 Å². The van der Waals surface area contributed by atoms with Gasteiger partial charge in [-0.2, -0.15) is 5.26 Å². The van der Waals surface area contributed by atoms with E-state index >= 15 is 0 Å². The van der Waals surface area contributed by atoms with Crippen LogP contribution in [0.4, 0.5) is 11.7 Å². The maximum absolute atomic E-state index is 9.39. The summed E-state index contributed by atoms with van der Waals surface area (Å²) in [4.78, 5) is 2.50. The maximum atomic E-state index is 9.39. The van der Waals surface area contributed by atoms with Crippen molar-refractivity contribution in [3.8, 4) is 6.07 Å². The van der Waals surface area contributed by atoms with Crippen LogP contribution < -0.4 is 10.2 Å². The summed E-state index contributed by atoms with van der Waals surface area (Å²) in [6, 6.07) is 18.1. The molecule has 3 aromatic rings. The molecule has 0 amide bonds. The first kappa shape index (κ1) is 16.8. The van der Waals surface area contributed by atoms with Crippen LogP contribution in [0, 0.1) is 11.3 Å². The molecule has 1 N–H and O–H groups in total. The third kappa shape index (κ3) is 2.71. The summed E-state index contributed by atoms with van der Waals surface area (Å²) in [6.07, 6.45) is 3.28. The molecule has 2 aliphatic heterocycles. The third-order valence-corrected chi connectivity index (χ3v) is 6.04. The number of anilines is 2. The van der Waals surface area contributed by atoms with Crippen LogP contribution in [0.5, 0.6) is 0 Å². The highest BCUT2D eigenvalue weighted by atomic mass is 16.4. The molecule has 0 radical (unpaired) electrons. The summed E-state index contributed by atoms with van der Waals surface area (Å²) in [5.41, 5.74) is 5.89. The van der Waals surface area contributed by atoms with E-state index in [1.807, 2.05) is 6.07 Å². The number of nitriles is 1. The van der Waals surface area contributed by atoms with Gasteiger partial charge in [0.15, 0.2) is 0 Å². The lowest BCUT2D eigenvalue weighted by Crippen LogP contribution is -2.41. The summed E-state index contributed by atoms with van der Waals surface area (Å²) in [6.45, 7) is 3.17. The van der Waals surface area contributed by atoms with E-state index < -0.39 is 0 Å². The first-order chi connectivity index (χ1) is 13.7. The Bertz CT molecular complexity index is 1040. The molecule has 1 aromatic heterocycles. The summed E-state index contributed by atoms with van der Waals surface area (Å²) in [5.74, 6) is 0.243. The zero-order chi connectivity index (χ0) is 19.1. The quantitative estimate of drug-likeness (QED) is 0.726. The van der Waals surface area contributed by atoms with E-state index in [0.29, 0.717) is 6.01 Å². The Morgan fingerprint density at radius 1 is 1.18 bits per heavy atom. The van der Waals surface area contributed by atoms with Crippen LogP contribution in [0.15, 0.2) is 53.3 Å². The summed E-state index contributed by atoms with van der Waals surface area (Å²) in [7, 11) is 0. The predicted molar refractivity (Wildman–Crippen MR) is 106 cm³/mol. The Kier molecular flexibility index (Phi) is 4.01. The summed E-state index contributed by atoms with van der Waals surface area (Å²) >= 11 is 0. The lowest BCUT2D eigenvalue weighted by molar-refractivity contribution is 0.427. The molecule has 6 nitrogen and oxygen atoms in total. The molecule has 0 spiro atoms. The third-order valence-electron chi connectivity index (χ3n) is 6.04. The zero-order valence-electron chi connectivity index (χ0n) is 15.7. The molecule has 1 saturated heterocycles. The Labute approximate surface area is 163 Å². The molecule has 1 fully saturated rings. The average molecular weight is 371 g/mol. The van der Waals surface area contributed by atoms with Gasteiger partial charge in [-0.15, -0.1) is 5.10 Å². The molecule has 2 aliphatic rings. The van der Waals surface area contributed by atoms with Crippen LogP contribution in [-0.4, -0.2) is 22.8 Å². The lowest BCUT2D eigenvalue weighted by atomic mass is 9.86. The van der Waals surface area contributed by atoms with Crippen molar-refractivity contribution < 1.29 is 4.42 Å². The molecule has 3 atom stereocenters. The Morgan fingerprint density at radius 2 is 2.04 bits per heavy atom. The molecular weight excluding hydrogens is 350 g/mol. The molecular formula is C22H21N5O. The normalized spacial score (nSPS) is 23.0. The minimum absolute atomic E-state index is 0.243. The van der Waals surface area contributed by atoms with Crippen LogP contribution in [0.1, 0.15) is 54.0 Å². The number of hydrogen-bond acceptors (Lipinski definition) is 6. The van der Waals surface area contributed by atoms with Gasteiger partial charge in [-0.3, -0.25) is 0 Å². The van der Waals surface area contributed by atoms with Crippen LogP contribution in [0.25, 0.3) is 0 Å². The highest BCUT2D eigenvalue weighted by molar-refractivity contribution is 5.64. The van der Waals surface area contributed by atoms with Crippen molar-refractivity contribution in [3.05, 3.63) is 71.1 Å². The molecule has 140 valence electrons. The van der Waals surface area contributed by atoms with E-state index in [1.165, 1.54) is 28.8 Å². The highest BCUT2D eigenvalue weighted by Crippen LogP contribution is 2.46. The van der Waals surface area contributed by atoms with E-state index in [9.17, 15) is 5.26 Å². The number of benzene rings is 2. The minimum atomic E-state index is 0.243. The topological polar surface area (TPSA) is 78.0 Å². The Balaban J connectivity index is 1.58. The molecule has 28 heavy (non-hydrogen) atoms. The second-order valence-corrected chi connectivity index (χ2v) is 7.55. The smallest absolute Gasteiger partial charge is 0.315 e. The number of rotatable bonds is 2. The van der Waals surface area contributed by atoms with Crippen molar-refractivity contribution in [3.63, 3.8) is 0 Å². The highest BCUT2D eigenvalue weighted by Gasteiger charge is 2.36. The molecule has 3 heterocycles. The minimum Gasteiger partial charge on any atom is -0.411 e. The fourth-order valence-corrected chi connectivity index (χ4v) is 4.70. The fraction of sp³-hybridized carbons (Fsp3) is 0.318.